The highest BCUT2D eigenvalue weighted by Crippen LogP contribution is 2.31. The number of aliphatic hydroxyl groups excluding tert-OH is 1. The summed E-state index contributed by atoms with van der Waals surface area (Å²) in [5.41, 5.74) is 0. The third-order valence-corrected chi connectivity index (χ3v) is 3.10. The highest BCUT2D eigenvalue weighted by atomic mass is 16.3. The highest BCUT2D eigenvalue weighted by molar-refractivity contribution is 4.89. The molecule has 2 fully saturated rings. The van der Waals surface area contributed by atoms with Gasteiger partial charge < -0.3 is 15.3 Å². The van der Waals surface area contributed by atoms with Crippen molar-refractivity contribution in [3.63, 3.8) is 0 Å². The molecule has 2 rings (SSSR count). The van der Waals surface area contributed by atoms with E-state index < -0.39 is 0 Å². The first kappa shape index (κ1) is 9.44. The monoisotopic (exact) mass is 184 g/mol. The molecular formula is C10H20N2O. The van der Waals surface area contributed by atoms with Crippen LogP contribution in [-0.4, -0.2) is 48.8 Å². The van der Waals surface area contributed by atoms with E-state index in [1.165, 1.54) is 32.4 Å². The lowest BCUT2D eigenvalue weighted by atomic mass is 10.1. The first-order chi connectivity index (χ1) is 6.40. The van der Waals surface area contributed by atoms with Crippen LogP contribution in [0.2, 0.25) is 0 Å². The lowest BCUT2D eigenvalue weighted by molar-refractivity contribution is 0.283. The van der Waals surface area contributed by atoms with E-state index in [9.17, 15) is 0 Å². The van der Waals surface area contributed by atoms with Gasteiger partial charge >= 0.3 is 0 Å². The molecule has 2 N–H and O–H groups in total. The Hall–Kier alpha value is -0.120. The average molecular weight is 184 g/mol. The summed E-state index contributed by atoms with van der Waals surface area (Å²) in [4.78, 5) is 2.63. The number of nitrogens with zero attached hydrogens (tertiary/aromatic N) is 1. The third-order valence-electron chi connectivity index (χ3n) is 3.10. The summed E-state index contributed by atoms with van der Waals surface area (Å²) in [5, 5.41) is 11.9. The maximum Gasteiger partial charge on any atom is 0.0555 e. The molecule has 1 saturated carbocycles. The molecular weight excluding hydrogens is 164 g/mol. The fourth-order valence-electron chi connectivity index (χ4n) is 2.19. The maximum atomic E-state index is 8.62. The van der Waals surface area contributed by atoms with Crippen molar-refractivity contribution in [2.75, 3.05) is 32.8 Å². The van der Waals surface area contributed by atoms with Gasteiger partial charge in [-0.05, 0) is 38.3 Å². The Morgan fingerprint density at radius 2 is 2.15 bits per heavy atom. The van der Waals surface area contributed by atoms with Crippen molar-refractivity contribution in [3.8, 4) is 0 Å². The number of aliphatic hydroxyl groups is 1. The zero-order valence-electron chi connectivity index (χ0n) is 8.21. The molecule has 3 heteroatoms. The molecule has 0 aromatic rings. The van der Waals surface area contributed by atoms with Crippen LogP contribution in [0, 0.1) is 5.92 Å². The van der Waals surface area contributed by atoms with E-state index in [0.29, 0.717) is 0 Å². The molecule has 0 amide bonds. The summed E-state index contributed by atoms with van der Waals surface area (Å²) < 4.78 is 0. The lowest BCUT2D eigenvalue weighted by Gasteiger charge is -2.14. The summed E-state index contributed by atoms with van der Waals surface area (Å²) in [6, 6.07) is 0.933. The highest BCUT2D eigenvalue weighted by Gasteiger charge is 2.33. The molecule has 1 heterocycles. The van der Waals surface area contributed by atoms with Crippen LogP contribution in [0.4, 0.5) is 0 Å². The molecule has 1 aliphatic heterocycles. The van der Waals surface area contributed by atoms with Gasteiger partial charge in [0.1, 0.15) is 0 Å². The van der Waals surface area contributed by atoms with Gasteiger partial charge in [-0.1, -0.05) is 0 Å². The van der Waals surface area contributed by atoms with Crippen molar-refractivity contribution in [2.24, 2.45) is 5.92 Å². The number of hydrogen-bond donors (Lipinski definition) is 2. The summed E-state index contributed by atoms with van der Waals surface area (Å²) in [6.45, 7) is 4.68. The molecule has 0 aromatic heterocycles. The molecule has 1 atom stereocenters. The predicted octanol–water partition coefficient (Wildman–Crippen LogP) is 0.0526. The normalized spacial score (nSPS) is 29.8. The fourth-order valence-corrected chi connectivity index (χ4v) is 2.19. The number of rotatable bonds is 5. The summed E-state index contributed by atoms with van der Waals surface area (Å²) in [7, 11) is 0. The van der Waals surface area contributed by atoms with Gasteiger partial charge in [0.15, 0.2) is 0 Å². The summed E-state index contributed by atoms with van der Waals surface area (Å²) >= 11 is 0. The molecule has 1 saturated heterocycles. The van der Waals surface area contributed by atoms with Gasteiger partial charge in [0, 0.05) is 19.1 Å². The maximum absolute atomic E-state index is 8.62. The quantitative estimate of drug-likeness (QED) is 0.593. The Bertz CT molecular complexity index is 159. The van der Waals surface area contributed by atoms with E-state index in [4.69, 9.17) is 5.11 Å². The lowest BCUT2D eigenvalue weighted by Crippen LogP contribution is -2.29. The van der Waals surface area contributed by atoms with Crippen LogP contribution in [-0.2, 0) is 0 Å². The van der Waals surface area contributed by atoms with Crippen LogP contribution >= 0.6 is 0 Å². The van der Waals surface area contributed by atoms with Crippen molar-refractivity contribution in [3.05, 3.63) is 0 Å². The van der Waals surface area contributed by atoms with Crippen molar-refractivity contribution in [1.29, 1.82) is 0 Å². The Labute approximate surface area is 80.1 Å². The van der Waals surface area contributed by atoms with E-state index in [1.807, 2.05) is 0 Å². The Morgan fingerprint density at radius 3 is 2.85 bits per heavy atom. The van der Waals surface area contributed by atoms with Crippen LogP contribution in [0.1, 0.15) is 19.3 Å². The Kier molecular flexibility index (Phi) is 3.19. The molecule has 2 aliphatic rings. The third kappa shape index (κ3) is 2.66. The fraction of sp³-hybridized carbons (Fsp3) is 1.00. The predicted molar refractivity (Wildman–Crippen MR) is 52.7 cm³/mol. The van der Waals surface area contributed by atoms with Gasteiger partial charge in [-0.3, -0.25) is 0 Å². The van der Waals surface area contributed by atoms with Crippen molar-refractivity contribution in [1.82, 2.24) is 10.2 Å². The van der Waals surface area contributed by atoms with E-state index in [-0.39, 0.29) is 6.61 Å². The van der Waals surface area contributed by atoms with Gasteiger partial charge in [0.2, 0.25) is 0 Å². The number of likely N-dealkylation sites (tertiary alicyclic amines) is 1. The molecule has 0 spiro atoms. The minimum atomic E-state index is 0.263. The first-order valence-electron chi connectivity index (χ1n) is 5.46. The topological polar surface area (TPSA) is 35.5 Å². The number of hydrogen-bond acceptors (Lipinski definition) is 3. The van der Waals surface area contributed by atoms with Gasteiger partial charge in [-0.2, -0.15) is 0 Å². The summed E-state index contributed by atoms with van der Waals surface area (Å²) in [6.07, 6.45) is 4.20. The molecule has 0 bridgehead atoms. The molecule has 0 radical (unpaired) electrons. The second-order valence-corrected chi connectivity index (χ2v) is 4.31. The van der Waals surface area contributed by atoms with Crippen LogP contribution < -0.4 is 5.32 Å². The Balaban J connectivity index is 1.60. The Morgan fingerprint density at radius 1 is 1.31 bits per heavy atom. The van der Waals surface area contributed by atoms with Gasteiger partial charge in [-0.25, -0.2) is 0 Å². The summed E-state index contributed by atoms with van der Waals surface area (Å²) in [5.74, 6) is 0.826. The van der Waals surface area contributed by atoms with Crippen LogP contribution in [0.25, 0.3) is 0 Å². The van der Waals surface area contributed by atoms with E-state index in [1.54, 1.807) is 0 Å². The zero-order valence-corrected chi connectivity index (χ0v) is 8.21. The average Bonchev–Trinajstić information content (AvgIpc) is 2.88. The second-order valence-electron chi connectivity index (χ2n) is 4.31. The van der Waals surface area contributed by atoms with E-state index in [0.717, 1.165) is 25.0 Å². The van der Waals surface area contributed by atoms with E-state index in [2.05, 4.69) is 10.2 Å². The van der Waals surface area contributed by atoms with Gasteiger partial charge in [-0.15, -0.1) is 0 Å². The van der Waals surface area contributed by atoms with E-state index >= 15 is 0 Å². The standard InChI is InChI=1S/C10H20N2O/c13-6-4-11-7-9-3-5-12(8-9)10-1-2-10/h9-11,13H,1-8H2. The number of nitrogens with one attached hydrogen (secondary N) is 1. The molecule has 13 heavy (non-hydrogen) atoms. The minimum Gasteiger partial charge on any atom is -0.395 e. The molecule has 3 nitrogen and oxygen atoms in total. The molecule has 76 valence electrons. The minimum absolute atomic E-state index is 0.263. The first-order valence-corrected chi connectivity index (χ1v) is 5.46. The molecule has 1 aliphatic carbocycles. The second kappa shape index (κ2) is 4.40. The van der Waals surface area contributed by atoms with Crippen molar-refractivity contribution in [2.45, 2.75) is 25.3 Å². The molecule has 0 aromatic carbocycles. The SMILES string of the molecule is OCCNCC1CCN(C2CC2)C1. The zero-order chi connectivity index (χ0) is 9.10. The van der Waals surface area contributed by atoms with Gasteiger partial charge in [0.05, 0.1) is 6.61 Å². The van der Waals surface area contributed by atoms with Crippen molar-refractivity contribution < 1.29 is 5.11 Å². The van der Waals surface area contributed by atoms with Gasteiger partial charge in [0.25, 0.3) is 0 Å². The van der Waals surface area contributed by atoms with Crippen LogP contribution in [0.15, 0.2) is 0 Å². The van der Waals surface area contributed by atoms with Crippen LogP contribution in [0.3, 0.4) is 0 Å². The largest absolute Gasteiger partial charge is 0.395 e. The van der Waals surface area contributed by atoms with Crippen LogP contribution in [0.5, 0.6) is 0 Å². The van der Waals surface area contributed by atoms with Crippen molar-refractivity contribution >= 4 is 0 Å². The smallest absolute Gasteiger partial charge is 0.0555 e. The molecule has 1 unspecified atom stereocenters.